The van der Waals surface area contributed by atoms with Crippen LogP contribution in [0.15, 0.2) is 0 Å². The number of rotatable bonds is 0. The zero-order valence-corrected chi connectivity index (χ0v) is 6.69. The van der Waals surface area contributed by atoms with Crippen LogP contribution in [0.2, 0.25) is 0 Å². The smallest absolute Gasteiger partial charge is 0.394 e. The van der Waals surface area contributed by atoms with E-state index in [1.54, 1.807) is 0 Å². The molecule has 0 spiro atoms. The zero-order valence-electron chi connectivity index (χ0n) is 6.69. The number of amides is 1. The molecule has 1 amide bonds. The number of carboxylic acid groups (broad SMARTS) is 1. The molecular formula is C8H11NO3. The van der Waals surface area contributed by atoms with Crippen molar-refractivity contribution in [1.29, 1.82) is 0 Å². The lowest BCUT2D eigenvalue weighted by Crippen LogP contribution is -2.34. The molecule has 66 valence electrons. The summed E-state index contributed by atoms with van der Waals surface area (Å²) >= 11 is 0. The largest absolute Gasteiger partial charge is 0.474 e. The molecule has 1 aliphatic heterocycles. The Morgan fingerprint density at radius 2 is 1.67 bits per heavy atom. The van der Waals surface area contributed by atoms with Crippen LogP contribution in [0.3, 0.4) is 0 Å². The van der Waals surface area contributed by atoms with Crippen molar-refractivity contribution in [2.45, 2.75) is 12.8 Å². The summed E-state index contributed by atoms with van der Waals surface area (Å²) in [5, 5.41) is 8.44. The molecule has 12 heavy (non-hydrogen) atoms. The summed E-state index contributed by atoms with van der Waals surface area (Å²) in [6.45, 7) is 1.32. The van der Waals surface area contributed by atoms with Crippen molar-refractivity contribution in [3.05, 3.63) is 0 Å². The lowest BCUT2D eigenvalue weighted by Gasteiger charge is -2.27. The maximum Gasteiger partial charge on any atom is 0.394 e. The molecule has 2 atom stereocenters. The van der Waals surface area contributed by atoms with Crippen LogP contribution in [0.5, 0.6) is 0 Å². The van der Waals surface area contributed by atoms with Gasteiger partial charge in [0.1, 0.15) is 0 Å². The van der Waals surface area contributed by atoms with Crippen molar-refractivity contribution in [2.24, 2.45) is 11.8 Å². The summed E-state index contributed by atoms with van der Waals surface area (Å²) in [4.78, 5) is 22.8. The number of hydrogen-bond acceptors (Lipinski definition) is 2. The minimum absolute atomic E-state index is 0.591. The maximum absolute atomic E-state index is 11.0. The number of carbonyl (C=O) groups excluding carboxylic acids is 1. The van der Waals surface area contributed by atoms with Crippen LogP contribution in [0.4, 0.5) is 0 Å². The summed E-state index contributed by atoms with van der Waals surface area (Å²) in [7, 11) is 0. The third-order valence-electron chi connectivity index (χ3n) is 2.95. The molecule has 1 N–H and O–H groups in total. The molecule has 2 rings (SSSR count). The third kappa shape index (κ3) is 0.983. The minimum atomic E-state index is -1.32. The first-order valence-corrected chi connectivity index (χ1v) is 4.20. The Hall–Kier alpha value is -1.06. The number of carboxylic acids is 1. The quantitative estimate of drug-likeness (QED) is 0.517. The number of hydrogen-bond donors (Lipinski definition) is 1. The first-order chi connectivity index (χ1) is 5.68. The summed E-state index contributed by atoms with van der Waals surface area (Å²) in [5.41, 5.74) is 0. The van der Waals surface area contributed by atoms with Gasteiger partial charge >= 0.3 is 11.9 Å². The molecule has 2 fully saturated rings. The van der Waals surface area contributed by atoms with Crippen LogP contribution in [0.25, 0.3) is 0 Å². The second-order valence-corrected chi connectivity index (χ2v) is 3.61. The van der Waals surface area contributed by atoms with E-state index in [1.807, 2.05) is 0 Å². The molecule has 1 aliphatic carbocycles. The van der Waals surface area contributed by atoms with Gasteiger partial charge in [-0.15, -0.1) is 0 Å². The summed E-state index contributed by atoms with van der Waals surface area (Å²) in [6.07, 6.45) is 2.32. The number of nitrogens with zero attached hydrogens (tertiary/aromatic N) is 1. The Bertz CT molecular complexity index is 226. The fraction of sp³-hybridized carbons (Fsp3) is 0.750. The first kappa shape index (κ1) is 7.58. The molecule has 2 unspecified atom stereocenters. The van der Waals surface area contributed by atoms with Gasteiger partial charge in [-0.3, -0.25) is 4.79 Å². The molecule has 0 bridgehead atoms. The number of likely N-dealkylation sites (tertiary alicyclic amines) is 1. The maximum atomic E-state index is 11.0. The van der Waals surface area contributed by atoms with Gasteiger partial charge in [-0.25, -0.2) is 4.79 Å². The van der Waals surface area contributed by atoms with E-state index >= 15 is 0 Å². The average molecular weight is 169 g/mol. The third-order valence-corrected chi connectivity index (χ3v) is 2.95. The Morgan fingerprint density at radius 3 is 2.00 bits per heavy atom. The molecular weight excluding hydrogens is 158 g/mol. The number of carbonyl (C=O) groups is 2. The van der Waals surface area contributed by atoms with Gasteiger partial charge in [0.05, 0.1) is 0 Å². The predicted molar refractivity (Wildman–Crippen MR) is 40.4 cm³/mol. The van der Waals surface area contributed by atoms with E-state index < -0.39 is 11.9 Å². The van der Waals surface area contributed by atoms with Crippen molar-refractivity contribution >= 4 is 11.9 Å². The molecule has 0 aromatic rings. The van der Waals surface area contributed by atoms with Crippen LogP contribution < -0.4 is 0 Å². The fourth-order valence-electron chi connectivity index (χ4n) is 2.06. The van der Waals surface area contributed by atoms with Crippen LogP contribution in [-0.2, 0) is 9.59 Å². The van der Waals surface area contributed by atoms with Crippen molar-refractivity contribution in [3.8, 4) is 0 Å². The minimum Gasteiger partial charge on any atom is -0.474 e. The van der Waals surface area contributed by atoms with Gasteiger partial charge < -0.3 is 10.0 Å². The van der Waals surface area contributed by atoms with Gasteiger partial charge in [0, 0.05) is 13.1 Å². The second kappa shape index (κ2) is 2.47. The fourth-order valence-corrected chi connectivity index (χ4v) is 2.06. The first-order valence-electron chi connectivity index (χ1n) is 4.20. The van der Waals surface area contributed by atoms with Crippen molar-refractivity contribution in [1.82, 2.24) is 4.90 Å². The SMILES string of the molecule is O=C(O)C(=O)N1CC2CCC2C1. The monoisotopic (exact) mass is 169 g/mol. The van der Waals surface area contributed by atoms with Gasteiger partial charge in [-0.1, -0.05) is 0 Å². The van der Waals surface area contributed by atoms with Crippen LogP contribution >= 0.6 is 0 Å². The average Bonchev–Trinajstić information content (AvgIpc) is 2.27. The van der Waals surface area contributed by atoms with Crippen molar-refractivity contribution in [3.63, 3.8) is 0 Å². The highest BCUT2D eigenvalue weighted by atomic mass is 16.4. The Balaban J connectivity index is 1.98. The van der Waals surface area contributed by atoms with Gasteiger partial charge in [-0.2, -0.15) is 0 Å². The highest BCUT2D eigenvalue weighted by Gasteiger charge is 2.42. The lowest BCUT2D eigenvalue weighted by molar-refractivity contribution is -0.155. The zero-order chi connectivity index (χ0) is 8.72. The summed E-state index contributed by atoms with van der Waals surface area (Å²) < 4.78 is 0. The molecule has 0 aromatic carbocycles. The lowest BCUT2D eigenvalue weighted by atomic mass is 9.77. The summed E-state index contributed by atoms with van der Waals surface area (Å²) in [5.74, 6) is -0.873. The predicted octanol–water partition coefficient (Wildman–Crippen LogP) is -0.0606. The van der Waals surface area contributed by atoms with Gasteiger partial charge in [0.25, 0.3) is 0 Å². The molecule has 1 saturated carbocycles. The van der Waals surface area contributed by atoms with E-state index in [0.717, 1.165) is 12.8 Å². The van der Waals surface area contributed by atoms with Gasteiger partial charge in [0.2, 0.25) is 0 Å². The molecule has 0 radical (unpaired) electrons. The van der Waals surface area contributed by atoms with Crippen molar-refractivity contribution < 1.29 is 14.7 Å². The highest BCUT2D eigenvalue weighted by molar-refractivity contribution is 6.31. The molecule has 4 heteroatoms. The van der Waals surface area contributed by atoms with E-state index in [0.29, 0.717) is 24.9 Å². The number of aliphatic carboxylic acids is 1. The molecule has 1 saturated heterocycles. The van der Waals surface area contributed by atoms with E-state index in [-0.39, 0.29) is 0 Å². The van der Waals surface area contributed by atoms with Gasteiger partial charge in [-0.05, 0) is 24.7 Å². The van der Waals surface area contributed by atoms with Crippen LogP contribution in [0.1, 0.15) is 12.8 Å². The van der Waals surface area contributed by atoms with Crippen LogP contribution in [-0.4, -0.2) is 35.0 Å². The standard InChI is InChI=1S/C8H11NO3/c10-7(8(11)12)9-3-5-1-2-6(5)4-9/h5-6H,1-4H2,(H,11,12). The normalized spacial score (nSPS) is 32.5. The number of fused-ring (bicyclic) bond motifs is 1. The molecule has 1 heterocycles. The highest BCUT2D eigenvalue weighted by Crippen LogP contribution is 2.40. The van der Waals surface area contributed by atoms with Crippen LogP contribution in [0, 0.1) is 11.8 Å². The van der Waals surface area contributed by atoms with E-state index in [9.17, 15) is 9.59 Å². The molecule has 4 nitrogen and oxygen atoms in total. The van der Waals surface area contributed by atoms with E-state index in [4.69, 9.17) is 5.11 Å². The Morgan fingerprint density at radius 1 is 1.17 bits per heavy atom. The second-order valence-electron chi connectivity index (χ2n) is 3.61. The Labute approximate surface area is 70.2 Å². The Kier molecular flexibility index (Phi) is 1.56. The topological polar surface area (TPSA) is 57.6 Å². The molecule has 2 aliphatic rings. The van der Waals surface area contributed by atoms with Crippen molar-refractivity contribution in [2.75, 3.05) is 13.1 Å². The van der Waals surface area contributed by atoms with E-state index in [1.165, 1.54) is 4.90 Å². The molecule has 0 aromatic heterocycles. The summed E-state index contributed by atoms with van der Waals surface area (Å²) in [6, 6.07) is 0. The van der Waals surface area contributed by atoms with Gasteiger partial charge in [0.15, 0.2) is 0 Å². The van der Waals surface area contributed by atoms with E-state index in [2.05, 4.69) is 0 Å².